The molecule has 1 aliphatic rings. The van der Waals surface area contributed by atoms with Crippen molar-refractivity contribution in [2.45, 2.75) is 45.8 Å². The Bertz CT molecular complexity index is 1330. The Kier molecular flexibility index (Phi) is 8.73. The van der Waals surface area contributed by atoms with Gasteiger partial charge in [-0.25, -0.2) is 0 Å². The van der Waals surface area contributed by atoms with Crippen LogP contribution in [-0.4, -0.2) is 76.2 Å². The molecule has 4 rings (SSSR count). The van der Waals surface area contributed by atoms with Crippen LogP contribution in [0.1, 0.15) is 36.1 Å². The zero-order valence-corrected chi connectivity index (χ0v) is 21.9. The molecule has 0 radical (unpaired) electrons. The molecule has 38 heavy (non-hydrogen) atoms. The van der Waals surface area contributed by atoms with Gasteiger partial charge in [0, 0.05) is 24.2 Å². The van der Waals surface area contributed by atoms with E-state index in [0.29, 0.717) is 35.1 Å². The second-order valence-electron chi connectivity index (χ2n) is 9.69. The number of aliphatic hydroxyl groups excluding tert-OH is 2. The van der Waals surface area contributed by atoms with Gasteiger partial charge < -0.3 is 24.8 Å². The number of nitriles is 1. The van der Waals surface area contributed by atoms with E-state index in [1.54, 1.807) is 18.2 Å². The Labute approximate surface area is 221 Å². The lowest BCUT2D eigenvalue weighted by atomic mass is 9.93. The maximum atomic E-state index is 12.3. The smallest absolute Gasteiger partial charge is 0.258 e. The number of benzene rings is 2. The van der Waals surface area contributed by atoms with Crippen molar-refractivity contribution in [1.29, 1.82) is 5.26 Å². The highest BCUT2D eigenvalue weighted by Gasteiger charge is 2.22. The molecule has 0 spiro atoms. The average molecular weight is 520 g/mol. The lowest BCUT2D eigenvalue weighted by molar-refractivity contribution is -0.123. The number of fused-ring (bicyclic) bond motifs is 1. The number of nitrogens with zero attached hydrogens (tertiary/aromatic N) is 4. The van der Waals surface area contributed by atoms with Gasteiger partial charge in [0.15, 0.2) is 0 Å². The maximum Gasteiger partial charge on any atom is 0.258 e. The maximum absolute atomic E-state index is 12.3. The number of rotatable bonds is 9. The van der Waals surface area contributed by atoms with Gasteiger partial charge in [-0.05, 0) is 68.5 Å². The van der Waals surface area contributed by atoms with Crippen LogP contribution in [0.2, 0.25) is 0 Å². The Morgan fingerprint density at radius 1 is 1.21 bits per heavy atom. The van der Waals surface area contributed by atoms with Crippen LogP contribution >= 0.6 is 0 Å². The van der Waals surface area contributed by atoms with Crippen LogP contribution in [0.3, 0.4) is 0 Å². The van der Waals surface area contributed by atoms with E-state index in [9.17, 15) is 20.3 Å². The minimum atomic E-state index is -0.644. The third-order valence-electron chi connectivity index (χ3n) is 6.62. The first kappa shape index (κ1) is 27.3. The van der Waals surface area contributed by atoms with Crippen LogP contribution in [0.25, 0.3) is 22.8 Å². The summed E-state index contributed by atoms with van der Waals surface area (Å²) in [5, 5.41) is 34.8. The lowest BCUT2D eigenvalue weighted by Crippen LogP contribution is -2.45. The van der Waals surface area contributed by atoms with Crippen molar-refractivity contribution in [2.24, 2.45) is 0 Å². The van der Waals surface area contributed by atoms with Gasteiger partial charge in [-0.1, -0.05) is 17.3 Å². The molecule has 0 bridgehead atoms. The van der Waals surface area contributed by atoms with Gasteiger partial charge in [-0.3, -0.25) is 9.69 Å². The molecule has 0 atom stereocenters. The highest BCUT2D eigenvalue weighted by Crippen LogP contribution is 2.31. The zero-order chi connectivity index (χ0) is 27.2. The number of aromatic nitrogens is 2. The zero-order valence-electron chi connectivity index (χ0n) is 21.9. The molecule has 10 heteroatoms. The van der Waals surface area contributed by atoms with Crippen molar-refractivity contribution in [2.75, 3.05) is 32.8 Å². The minimum absolute atomic E-state index is 0.0479. The second kappa shape index (κ2) is 12.2. The Morgan fingerprint density at radius 3 is 2.68 bits per heavy atom. The van der Waals surface area contributed by atoms with E-state index in [2.05, 4.69) is 32.5 Å². The highest BCUT2D eigenvalue weighted by atomic mass is 16.5. The van der Waals surface area contributed by atoms with Crippen LogP contribution in [0.15, 0.2) is 34.9 Å². The first-order valence-corrected chi connectivity index (χ1v) is 12.7. The summed E-state index contributed by atoms with van der Waals surface area (Å²) in [5.41, 5.74) is 5.42. The molecule has 200 valence electrons. The normalized spacial score (nSPS) is 13.7. The van der Waals surface area contributed by atoms with E-state index >= 15 is 0 Å². The molecule has 0 saturated carbocycles. The van der Waals surface area contributed by atoms with Crippen LogP contribution in [-0.2, 0) is 17.6 Å². The summed E-state index contributed by atoms with van der Waals surface area (Å²) in [6.45, 7) is 6.89. The molecular weight excluding hydrogens is 486 g/mol. The molecule has 1 amide bonds. The number of aliphatic hydroxyl groups is 2. The van der Waals surface area contributed by atoms with E-state index in [4.69, 9.17) is 9.26 Å². The monoisotopic (exact) mass is 519 g/mol. The quantitative estimate of drug-likeness (QED) is 0.387. The van der Waals surface area contributed by atoms with Gasteiger partial charge in [-0.15, -0.1) is 0 Å². The van der Waals surface area contributed by atoms with Crippen molar-refractivity contribution >= 4 is 5.91 Å². The van der Waals surface area contributed by atoms with Gasteiger partial charge in [0.25, 0.3) is 5.89 Å². The second-order valence-corrected chi connectivity index (χ2v) is 9.69. The topological polar surface area (TPSA) is 145 Å². The van der Waals surface area contributed by atoms with Crippen molar-refractivity contribution in [3.63, 3.8) is 0 Å². The number of nitrogens with one attached hydrogen (secondary N) is 1. The Balaban J connectivity index is 1.50. The number of ether oxygens (including phenoxy) is 1. The average Bonchev–Trinajstić information content (AvgIpc) is 3.30. The summed E-state index contributed by atoms with van der Waals surface area (Å²) in [6, 6.07) is 10.8. The molecule has 10 nitrogen and oxygen atoms in total. The van der Waals surface area contributed by atoms with Gasteiger partial charge >= 0.3 is 0 Å². The third kappa shape index (κ3) is 6.19. The predicted molar refractivity (Wildman–Crippen MR) is 140 cm³/mol. The summed E-state index contributed by atoms with van der Waals surface area (Å²) < 4.78 is 11.3. The fourth-order valence-corrected chi connectivity index (χ4v) is 4.64. The molecule has 0 aliphatic carbocycles. The number of amides is 1. The predicted octanol–water partition coefficient (Wildman–Crippen LogP) is 2.24. The molecule has 0 fully saturated rings. The van der Waals surface area contributed by atoms with E-state index < -0.39 is 6.04 Å². The minimum Gasteiger partial charge on any atom is -0.490 e. The molecule has 0 unspecified atom stereocenters. The number of hydrogen-bond acceptors (Lipinski definition) is 9. The molecule has 2 heterocycles. The SMILES string of the molecule is Cc1c(-c2noc(-c3ccc(OC(C)C)c(C#N)c3)n2)ccc2c1CCN(CC(=O)NC(CO)CO)CC2. The van der Waals surface area contributed by atoms with Gasteiger partial charge in [0.05, 0.1) is 37.5 Å². The Hall–Kier alpha value is -3.78. The molecule has 3 aromatic rings. The number of hydrogen-bond donors (Lipinski definition) is 3. The standard InChI is InChI=1S/C28H33N5O5/c1-17(2)37-25-7-5-20(12-21(25)13-29)28-31-27(32-38-28)24-6-4-19-8-10-33(11-9-23(19)18(24)3)14-26(36)30-22(15-34)16-35/h4-7,12,17,22,34-35H,8-11,14-16H2,1-3H3,(H,30,36). The highest BCUT2D eigenvalue weighted by molar-refractivity contribution is 5.78. The van der Waals surface area contributed by atoms with E-state index in [1.807, 2.05) is 26.8 Å². The van der Waals surface area contributed by atoms with Crippen LogP contribution in [0.5, 0.6) is 5.75 Å². The van der Waals surface area contributed by atoms with Gasteiger partial charge in [0.2, 0.25) is 11.7 Å². The lowest BCUT2D eigenvalue weighted by Gasteiger charge is -2.21. The number of carbonyl (C=O) groups excluding carboxylic acids is 1. The van der Waals surface area contributed by atoms with E-state index in [1.165, 1.54) is 11.1 Å². The van der Waals surface area contributed by atoms with Crippen molar-refractivity contribution in [1.82, 2.24) is 20.4 Å². The summed E-state index contributed by atoms with van der Waals surface area (Å²) in [6.07, 6.45) is 1.51. The van der Waals surface area contributed by atoms with E-state index in [-0.39, 0.29) is 31.8 Å². The largest absolute Gasteiger partial charge is 0.490 e. The fraction of sp³-hybridized carbons (Fsp3) is 0.429. The van der Waals surface area contributed by atoms with Gasteiger partial charge in [0.1, 0.15) is 11.8 Å². The Morgan fingerprint density at radius 2 is 1.97 bits per heavy atom. The van der Waals surface area contributed by atoms with Crippen molar-refractivity contribution in [3.8, 4) is 34.7 Å². The molecule has 1 aromatic heterocycles. The van der Waals surface area contributed by atoms with Crippen LogP contribution < -0.4 is 10.1 Å². The molecule has 3 N–H and O–H groups in total. The fourth-order valence-electron chi connectivity index (χ4n) is 4.64. The van der Waals surface area contributed by atoms with Crippen LogP contribution in [0.4, 0.5) is 0 Å². The van der Waals surface area contributed by atoms with Crippen molar-refractivity contribution in [3.05, 3.63) is 52.6 Å². The first-order chi connectivity index (χ1) is 18.3. The first-order valence-electron chi connectivity index (χ1n) is 12.7. The van der Waals surface area contributed by atoms with Crippen molar-refractivity contribution < 1.29 is 24.3 Å². The summed E-state index contributed by atoms with van der Waals surface area (Å²) in [5.74, 6) is 1.09. The molecule has 1 aliphatic heterocycles. The molecule has 0 saturated heterocycles. The van der Waals surface area contributed by atoms with Crippen LogP contribution in [0, 0.1) is 18.3 Å². The van der Waals surface area contributed by atoms with E-state index in [0.717, 1.165) is 30.5 Å². The molecular formula is C28H33N5O5. The van der Waals surface area contributed by atoms with Gasteiger partial charge in [-0.2, -0.15) is 10.2 Å². The molecule has 2 aromatic carbocycles. The summed E-state index contributed by atoms with van der Waals surface area (Å²) in [4.78, 5) is 19.0. The number of carbonyl (C=O) groups is 1. The third-order valence-corrected chi connectivity index (χ3v) is 6.62. The summed E-state index contributed by atoms with van der Waals surface area (Å²) in [7, 11) is 0. The summed E-state index contributed by atoms with van der Waals surface area (Å²) >= 11 is 0.